The number of aromatic hydroxyl groups is 1. The summed E-state index contributed by atoms with van der Waals surface area (Å²) in [4.78, 5) is 11.9. The maximum atomic E-state index is 11.9. The Labute approximate surface area is 117 Å². The fourth-order valence-electron chi connectivity index (χ4n) is 1.85. The third kappa shape index (κ3) is 3.58. The summed E-state index contributed by atoms with van der Waals surface area (Å²) in [6.07, 6.45) is 4.00. The Morgan fingerprint density at radius 1 is 1.45 bits per heavy atom. The highest BCUT2D eigenvalue weighted by molar-refractivity contribution is 5.82. The van der Waals surface area contributed by atoms with Crippen molar-refractivity contribution in [2.24, 2.45) is 12.8 Å². The molecule has 1 aromatic carbocycles. The first-order chi connectivity index (χ1) is 9.56. The van der Waals surface area contributed by atoms with Gasteiger partial charge in [-0.05, 0) is 24.1 Å². The Morgan fingerprint density at radius 2 is 2.15 bits per heavy atom. The predicted molar refractivity (Wildman–Crippen MR) is 75.0 cm³/mol. The van der Waals surface area contributed by atoms with Crippen LogP contribution in [0.2, 0.25) is 0 Å². The number of aromatic nitrogens is 2. The SMILES string of the molecule is Cn1cc(C(N)C(=O)NCCc2ccc(O)cc2)cn1. The fourth-order valence-corrected chi connectivity index (χ4v) is 1.85. The lowest BCUT2D eigenvalue weighted by Crippen LogP contribution is -2.35. The molecule has 0 radical (unpaired) electrons. The first-order valence-electron chi connectivity index (χ1n) is 6.36. The standard InChI is InChI=1S/C14H18N4O2/c1-18-9-11(8-17-18)13(15)14(20)16-7-6-10-2-4-12(19)5-3-10/h2-5,8-9,13,19H,6-7,15H2,1H3,(H,16,20). The fraction of sp³-hybridized carbons (Fsp3) is 0.286. The van der Waals surface area contributed by atoms with E-state index in [1.54, 1.807) is 36.3 Å². The van der Waals surface area contributed by atoms with E-state index in [0.29, 0.717) is 18.5 Å². The molecule has 0 bridgehead atoms. The minimum Gasteiger partial charge on any atom is -0.508 e. The van der Waals surface area contributed by atoms with Gasteiger partial charge in [0.2, 0.25) is 5.91 Å². The molecule has 1 heterocycles. The van der Waals surface area contributed by atoms with Crippen LogP contribution in [0.4, 0.5) is 0 Å². The van der Waals surface area contributed by atoms with Gasteiger partial charge in [0.15, 0.2) is 0 Å². The van der Waals surface area contributed by atoms with Crippen LogP contribution in [0, 0.1) is 0 Å². The lowest BCUT2D eigenvalue weighted by atomic mass is 10.1. The van der Waals surface area contributed by atoms with Crippen LogP contribution >= 0.6 is 0 Å². The van der Waals surface area contributed by atoms with Crippen molar-refractivity contribution in [1.82, 2.24) is 15.1 Å². The second kappa shape index (κ2) is 6.21. The number of carbonyl (C=O) groups is 1. The van der Waals surface area contributed by atoms with Gasteiger partial charge in [-0.15, -0.1) is 0 Å². The van der Waals surface area contributed by atoms with E-state index in [-0.39, 0.29) is 11.7 Å². The van der Waals surface area contributed by atoms with Crippen LogP contribution in [0.25, 0.3) is 0 Å². The molecule has 0 saturated carbocycles. The zero-order chi connectivity index (χ0) is 14.5. The molecule has 4 N–H and O–H groups in total. The molecule has 20 heavy (non-hydrogen) atoms. The maximum absolute atomic E-state index is 11.9. The first-order valence-corrected chi connectivity index (χ1v) is 6.36. The highest BCUT2D eigenvalue weighted by Gasteiger charge is 2.16. The number of benzene rings is 1. The van der Waals surface area contributed by atoms with Crippen LogP contribution in [0.15, 0.2) is 36.7 Å². The first kappa shape index (κ1) is 14.1. The van der Waals surface area contributed by atoms with E-state index in [2.05, 4.69) is 10.4 Å². The average Bonchev–Trinajstić information content (AvgIpc) is 2.86. The zero-order valence-corrected chi connectivity index (χ0v) is 11.3. The Bertz CT molecular complexity index is 577. The van der Waals surface area contributed by atoms with Crippen molar-refractivity contribution in [2.75, 3.05) is 6.54 Å². The quantitative estimate of drug-likeness (QED) is 0.739. The van der Waals surface area contributed by atoms with Gasteiger partial charge in [-0.3, -0.25) is 9.48 Å². The third-order valence-electron chi connectivity index (χ3n) is 3.02. The van der Waals surface area contributed by atoms with Gasteiger partial charge in [-0.2, -0.15) is 5.10 Å². The van der Waals surface area contributed by atoms with Crippen molar-refractivity contribution in [3.63, 3.8) is 0 Å². The Kier molecular flexibility index (Phi) is 4.37. The van der Waals surface area contributed by atoms with Crippen molar-refractivity contribution in [3.8, 4) is 5.75 Å². The smallest absolute Gasteiger partial charge is 0.241 e. The van der Waals surface area contributed by atoms with E-state index in [4.69, 9.17) is 5.73 Å². The second-order valence-electron chi connectivity index (χ2n) is 4.63. The van der Waals surface area contributed by atoms with Gasteiger partial charge in [0.1, 0.15) is 11.8 Å². The van der Waals surface area contributed by atoms with Gasteiger partial charge in [0.25, 0.3) is 0 Å². The molecule has 0 spiro atoms. The number of hydrogen-bond acceptors (Lipinski definition) is 4. The maximum Gasteiger partial charge on any atom is 0.241 e. The molecule has 1 amide bonds. The van der Waals surface area contributed by atoms with Gasteiger partial charge < -0.3 is 16.2 Å². The van der Waals surface area contributed by atoms with Gasteiger partial charge >= 0.3 is 0 Å². The van der Waals surface area contributed by atoms with E-state index in [1.807, 2.05) is 12.1 Å². The topological polar surface area (TPSA) is 93.2 Å². The summed E-state index contributed by atoms with van der Waals surface area (Å²) in [7, 11) is 1.78. The molecular weight excluding hydrogens is 256 g/mol. The van der Waals surface area contributed by atoms with Gasteiger partial charge in [-0.25, -0.2) is 0 Å². The van der Waals surface area contributed by atoms with E-state index in [1.165, 1.54) is 0 Å². The summed E-state index contributed by atoms with van der Waals surface area (Å²) in [5, 5.41) is 16.0. The number of phenolic OH excluding ortho intramolecular Hbond substituents is 1. The molecule has 6 nitrogen and oxygen atoms in total. The summed E-state index contributed by atoms with van der Waals surface area (Å²) < 4.78 is 1.61. The number of aryl methyl sites for hydroxylation is 1. The molecule has 0 aliphatic carbocycles. The molecular formula is C14H18N4O2. The lowest BCUT2D eigenvalue weighted by Gasteiger charge is -2.10. The summed E-state index contributed by atoms with van der Waals surface area (Å²) in [5.74, 6) is 0.00756. The molecule has 0 saturated heterocycles. The Morgan fingerprint density at radius 3 is 2.75 bits per heavy atom. The lowest BCUT2D eigenvalue weighted by molar-refractivity contribution is -0.122. The molecule has 0 aliphatic rings. The molecule has 0 fully saturated rings. The van der Waals surface area contributed by atoms with Crippen LogP contribution in [-0.2, 0) is 18.3 Å². The number of phenols is 1. The summed E-state index contributed by atoms with van der Waals surface area (Å²) >= 11 is 0. The van der Waals surface area contributed by atoms with Gasteiger partial charge in [0, 0.05) is 25.4 Å². The molecule has 1 aromatic heterocycles. The molecule has 2 rings (SSSR count). The van der Waals surface area contributed by atoms with Gasteiger partial charge in [0.05, 0.1) is 6.20 Å². The monoisotopic (exact) mass is 274 g/mol. The number of nitrogens with zero attached hydrogens (tertiary/aromatic N) is 2. The molecule has 6 heteroatoms. The number of hydrogen-bond donors (Lipinski definition) is 3. The molecule has 2 aromatic rings. The number of nitrogens with one attached hydrogen (secondary N) is 1. The highest BCUT2D eigenvalue weighted by Crippen LogP contribution is 2.10. The minimum absolute atomic E-state index is 0.225. The molecule has 1 atom stereocenters. The Balaban J connectivity index is 1.81. The van der Waals surface area contributed by atoms with Crippen molar-refractivity contribution in [2.45, 2.75) is 12.5 Å². The van der Waals surface area contributed by atoms with E-state index in [9.17, 15) is 9.90 Å². The largest absolute Gasteiger partial charge is 0.508 e. The van der Waals surface area contributed by atoms with E-state index < -0.39 is 6.04 Å². The van der Waals surface area contributed by atoms with Crippen LogP contribution in [0.1, 0.15) is 17.2 Å². The average molecular weight is 274 g/mol. The van der Waals surface area contributed by atoms with E-state index in [0.717, 1.165) is 5.56 Å². The van der Waals surface area contributed by atoms with Crippen molar-refractivity contribution >= 4 is 5.91 Å². The normalized spacial score (nSPS) is 12.1. The summed E-state index contributed by atoms with van der Waals surface area (Å²) in [6.45, 7) is 0.498. The Hall–Kier alpha value is -2.34. The zero-order valence-electron chi connectivity index (χ0n) is 11.3. The molecule has 106 valence electrons. The third-order valence-corrected chi connectivity index (χ3v) is 3.02. The van der Waals surface area contributed by atoms with Crippen LogP contribution in [0.3, 0.4) is 0 Å². The number of carbonyl (C=O) groups excluding carboxylic acids is 1. The molecule has 1 unspecified atom stereocenters. The van der Waals surface area contributed by atoms with Crippen molar-refractivity contribution in [1.29, 1.82) is 0 Å². The predicted octanol–water partition coefficient (Wildman–Crippen LogP) is 0.484. The van der Waals surface area contributed by atoms with Crippen molar-refractivity contribution < 1.29 is 9.90 Å². The summed E-state index contributed by atoms with van der Waals surface area (Å²) in [5.41, 5.74) is 7.58. The van der Waals surface area contributed by atoms with Crippen LogP contribution < -0.4 is 11.1 Å². The van der Waals surface area contributed by atoms with Crippen LogP contribution in [0.5, 0.6) is 5.75 Å². The number of rotatable bonds is 5. The van der Waals surface area contributed by atoms with E-state index >= 15 is 0 Å². The van der Waals surface area contributed by atoms with Crippen LogP contribution in [-0.4, -0.2) is 27.3 Å². The van der Waals surface area contributed by atoms with Gasteiger partial charge in [-0.1, -0.05) is 12.1 Å². The highest BCUT2D eigenvalue weighted by atomic mass is 16.3. The van der Waals surface area contributed by atoms with Crippen molar-refractivity contribution in [3.05, 3.63) is 47.8 Å². The summed E-state index contributed by atoms with van der Waals surface area (Å²) in [6, 6.07) is 6.19. The molecule has 0 aliphatic heterocycles. The second-order valence-corrected chi connectivity index (χ2v) is 4.63. The number of nitrogens with two attached hydrogens (primary N) is 1. The number of amides is 1. The minimum atomic E-state index is -0.705.